The van der Waals surface area contributed by atoms with Crippen molar-refractivity contribution in [2.75, 3.05) is 7.05 Å². The Kier molecular flexibility index (Phi) is 4.51. The number of rotatable bonds is 4. The van der Waals surface area contributed by atoms with Crippen LogP contribution in [0.3, 0.4) is 0 Å². The third kappa shape index (κ3) is 3.48. The van der Waals surface area contributed by atoms with Gasteiger partial charge in [0.25, 0.3) is 0 Å². The molecule has 2 amide bonds. The fraction of sp³-hybridized carbons (Fsp3) is 0.333. The number of hydrogen-bond acceptors (Lipinski definition) is 2. The first-order valence-electron chi connectivity index (χ1n) is 5.31. The lowest BCUT2D eigenvalue weighted by Crippen LogP contribution is -2.46. The molecule has 92 valence electrons. The molecule has 1 rings (SSSR count). The molecule has 0 saturated carbocycles. The zero-order valence-electron chi connectivity index (χ0n) is 9.88. The van der Waals surface area contributed by atoms with E-state index in [9.17, 15) is 9.59 Å². The molecule has 0 aliphatic rings. The van der Waals surface area contributed by atoms with Gasteiger partial charge < -0.3 is 15.3 Å². The van der Waals surface area contributed by atoms with E-state index in [1.807, 2.05) is 30.3 Å². The highest BCUT2D eigenvalue weighted by Gasteiger charge is 2.24. The Morgan fingerprint density at radius 3 is 2.41 bits per heavy atom. The van der Waals surface area contributed by atoms with Gasteiger partial charge in [0.15, 0.2) is 0 Å². The van der Waals surface area contributed by atoms with Crippen molar-refractivity contribution in [3.63, 3.8) is 0 Å². The van der Waals surface area contributed by atoms with Crippen molar-refractivity contribution in [3.8, 4) is 0 Å². The maximum Gasteiger partial charge on any atom is 0.326 e. The Morgan fingerprint density at radius 1 is 1.35 bits per heavy atom. The molecule has 0 bridgehead atoms. The smallest absolute Gasteiger partial charge is 0.326 e. The van der Waals surface area contributed by atoms with Gasteiger partial charge in [-0.1, -0.05) is 30.3 Å². The molecule has 0 aromatic heterocycles. The predicted octanol–water partition coefficient (Wildman–Crippen LogP) is 1.30. The van der Waals surface area contributed by atoms with Crippen molar-refractivity contribution in [2.24, 2.45) is 0 Å². The molecular weight excluding hydrogens is 220 g/mol. The molecule has 0 aliphatic carbocycles. The van der Waals surface area contributed by atoms with Gasteiger partial charge in [0, 0.05) is 13.6 Å². The molecule has 0 spiro atoms. The quantitative estimate of drug-likeness (QED) is 0.827. The van der Waals surface area contributed by atoms with Gasteiger partial charge in [-0.3, -0.25) is 0 Å². The summed E-state index contributed by atoms with van der Waals surface area (Å²) in [4.78, 5) is 23.8. The molecule has 1 aromatic rings. The number of carboxylic acids is 1. The third-order valence-electron chi connectivity index (χ3n) is 2.50. The van der Waals surface area contributed by atoms with E-state index in [1.54, 1.807) is 0 Å². The summed E-state index contributed by atoms with van der Waals surface area (Å²) >= 11 is 0. The molecule has 1 unspecified atom stereocenters. The number of nitrogens with zero attached hydrogens (tertiary/aromatic N) is 1. The lowest BCUT2D eigenvalue weighted by atomic mass is 10.2. The van der Waals surface area contributed by atoms with E-state index in [0.29, 0.717) is 0 Å². The van der Waals surface area contributed by atoms with Gasteiger partial charge in [-0.15, -0.1) is 0 Å². The van der Waals surface area contributed by atoms with Gasteiger partial charge in [-0.2, -0.15) is 0 Å². The first-order chi connectivity index (χ1) is 8.06. The molecule has 1 aromatic carbocycles. The molecule has 1 atom stereocenters. The summed E-state index contributed by atoms with van der Waals surface area (Å²) < 4.78 is 0. The van der Waals surface area contributed by atoms with Gasteiger partial charge in [0.2, 0.25) is 0 Å². The Hall–Kier alpha value is -2.04. The lowest BCUT2D eigenvalue weighted by Gasteiger charge is -2.26. The molecule has 5 nitrogen and oxygen atoms in total. The van der Waals surface area contributed by atoms with E-state index in [4.69, 9.17) is 5.11 Å². The van der Waals surface area contributed by atoms with Gasteiger partial charge in [0.05, 0.1) is 0 Å². The standard InChI is InChI=1S/C12H16N2O3/c1-9(11(15)16)14(12(17)13-2)8-10-6-4-3-5-7-10/h3-7,9H,8H2,1-2H3,(H,13,17)(H,15,16). The first-order valence-corrected chi connectivity index (χ1v) is 5.31. The summed E-state index contributed by atoms with van der Waals surface area (Å²) in [5.41, 5.74) is 0.893. The maximum absolute atomic E-state index is 11.6. The van der Waals surface area contributed by atoms with Crippen molar-refractivity contribution in [2.45, 2.75) is 19.5 Å². The zero-order chi connectivity index (χ0) is 12.8. The molecule has 0 aliphatic heterocycles. The maximum atomic E-state index is 11.6. The first kappa shape index (κ1) is 13.0. The van der Waals surface area contributed by atoms with Crippen molar-refractivity contribution in [3.05, 3.63) is 35.9 Å². The summed E-state index contributed by atoms with van der Waals surface area (Å²) in [7, 11) is 1.48. The number of amides is 2. The van der Waals surface area contributed by atoms with E-state index in [1.165, 1.54) is 18.9 Å². The van der Waals surface area contributed by atoms with Crippen molar-refractivity contribution >= 4 is 12.0 Å². The minimum Gasteiger partial charge on any atom is -0.480 e. The second kappa shape index (κ2) is 5.89. The fourth-order valence-corrected chi connectivity index (χ4v) is 1.44. The van der Waals surface area contributed by atoms with E-state index in [2.05, 4.69) is 5.32 Å². The highest BCUT2D eigenvalue weighted by Crippen LogP contribution is 2.08. The van der Waals surface area contributed by atoms with Crippen LogP contribution >= 0.6 is 0 Å². The topological polar surface area (TPSA) is 69.6 Å². The average molecular weight is 236 g/mol. The predicted molar refractivity (Wildman–Crippen MR) is 63.5 cm³/mol. The van der Waals surface area contributed by atoms with Gasteiger partial charge >= 0.3 is 12.0 Å². The van der Waals surface area contributed by atoms with E-state index in [-0.39, 0.29) is 6.54 Å². The Bertz CT molecular complexity index is 392. The van der Waals surface area contributed by atoms with Crippen LogP contribution in [0, 0.1) is 0 Å². The minimum atomic E-state index is -1.02. The van der Waals surface area contributed by atoms with Crippen LogP contribution < -0.4 is 5.32 Å². The molecule has 0 heterocycles. The number of aliphatic carboxylic acids is 1. The lowest BCUT2D eigenvalue weighted by molar-refractivity contribution is -0.141. The SMILES string of the molecule is CNC(=O)N(Cc1ccccc1)C(C)C(=O)O. The number of carbonyl (C=O) groups is 2. The van der Waals surface area contributed by atoms with Crippen LogP contribution in [0.1, 0.15) is 12.5 Å². The van der Waals surface area contributed by atoms with Gasteiger partial charge in [-0.25, -0.2) is 9.59 Å². The Labute approximate surface area is 100 Å². The van der Waals surface area contributed by atoms with Crippen molar-refractivity contribution < 1.29 is 14.7 Å². The van der Waals surface area contributed by atoms with Crippen molar-refractivity contribution in [1.29, 1.82) is 0 Å². The van der Waals surface area contributed by atoms with Crippen LogP contribution in [0.25, 0.3) is 0 Å². The summed E-state index contributed by atoms with van der Waals surface area (Å²) in [6.07, 6.45) is 0. The van der Waals surface area contributed by atoms with Crippen LogP contribution in [-0.2, 0) is 11.3 Å². The second-order valence-corrected chi connectivity index (χ2v) is 3.68. The minimum absolute atomic E-state index is 0.272. The Morgan fingerprint density at radius 2 is 1.94 bits per heavy atom. The highest BCUT2D eigenvalue weighted by molar-refractivity contribution is 5.82. The van der Waals surface area contributed by atoms with Crippen LogP contribution in [0.2, 0.25) is 0 Å². The number of benzene rings is 1. The number of urea groups is 1. The van der Waals surface area contributed by atoms with Gasteiger partial charge in [0.1, 0.15) is 6.04 Å². The molecule has 0 saturated heterocycles. The molecule has 2 N–H and O–H groups in total. The van der Waals surface area contributed by atoms with E-state index >= 15 is 0 Å². The molecular formula is C12H16N2O3. The van der Waals surface area contributed by atoms with E-state index < -0.39 is 18.0 Å². The largest absolute Gasteiger partial charge is 0.480 e. The van der Waals surface area contributed by atoms with Crippen LogP contribution in [-0.4, -0.2) is 35.1 Å². The van der Waals surface area contributed by atoms with Crippen LogP contribution in [0.15, 0.2) is 30.3 Å². The zero-order valence-corrected chi connectivity index (χ0v) is 9.88. The highest BCUT2D eigenvalue weighted by atomic mass is 16.4. The number of hydrogen-bond donors (Lipinski definition) is 2. The summed E-state index contributed by atoms with van der Waals surface area (Å²) in [6.45, 7) is 1.76. The number of carbonyl (C=O) groups excluding carboxylic acids is 1. The summed E-state index contributed by atoms with van der Waals surface area (Å²) in [6, 6.07) is 8.01. The van der Waals surface area contributed by atoms with Gasteiger partial charge in [-0.05, 0) is 12.5 Å². The fourth-order valence-electron chi connectivity index (χ4n) is 1.44. The van der Waals surface area contributed by atoms with Crippen LogP contribution in [0.4, 0.5) is 4.79 Å². The number of carboxylic acid groups (broad SMARTS) is 1. The Balaban J connectivity index is 2.85. The number of nitrogens with one attached hydrogen (secondary N) is 1. The summed E-state index contributed by atoms with van der Waals surface area (Å²) in [5, 5.41) is 11.4. The van der Waals surface area contributed by atoms with E-state index in [0.717, 1.165) is 5.56 Å². The normalized spacial score (nSPS) is 11.6. The average Bonchev–Trinajstić information content (AvgIpc) is 2.35. The molecule has 0 fully saturated rings. The summed E-state index contributed by atoms with van der Waals surface area (Å²) in [5.74, 6) is -1.02. The third-order valence-corrected chi connectivity index (χ3v) is 2.50. The monoisotopic (exact) mass is 236 g/mol. The second-order valence-electron chi connectivity index (χ2n) is 3.68. The molecule has 5 heteroatoms. The molecule has 0 radical (unpaired) electrons. The molecule has 17 heavy (non-hydrogen) atoms. The van der Waals surface area contributed by atoms with Crippen LogP contribution in [0.5, 0.6) is 0 Å². The van der Waals surface area contributed by atoms with Crippen molar-refractivity contribution in [1.82, 2.24) is 10.2 Å².